The SMILES string of the molecule is CC(=O)Nc1cccc(NC(=O)Cn2cnc3c(nnn3C)c2=O)c1. The van der Waals surface area contributed by atoms with E-state index in [0.29, 0.717) is 17.0 Å². The number of anilines is 2. The topological polar surface area (TPSA) is 124 Å². The van der Waals surface area contributed by atoms with Gasteiger partial charge in [0.2, 0.25) is 11.8 Å². The summed E-state index contributed by atoms with van der Waals surface area (Å²) >= 11 is 0. The number of benzene rings is 1. The molecular weight excluding hydrogens is 326 g/mol. The first-order chi connectivity index (χ1) is 11.9. The van der Waals surface area contributed by atoms with Crippen LogP contribution in [0.15, 0.2) is 35.4 Å². The Hall–Kier alpha value is -3.56. The molecule has 3 rings (SSSR count). The Balaban J connectivity index is 1.76. The van der Waals surface area contributed by atoms with E-state index in [4.69, 9.17) is 0 Å². The minimum absolute atomic E-state index is 0.102. The second-order valence-corrected chi connectivity index (χ2v) is 5.37. The molecule has 2 amide bonds. The number of nitrogens with one attached hydrogen (secondary N) is 2. The van der Waals surface area contributed by atoms with Crippen molar-refractivity contribution in [2.45, 2.75) is 13.5 Å². The Morgan fingerprint density at radius 1 is 1.20 bits per heavy atom. The lowest BCUT2D eigenvalue weighted by molar-refractivity contribution is -0.117. The molecular formula is C15H15N7O3. The van der Waals surface area contributed by atoms with Gasteiger partial charge in [-0.05, 0) is 18.2 Å². The quantitative estimate of drug-likeness (QED) is 0.695. The first-order valence-corrected chi connectivity index (χ1v) is 7.36. The van der Waals surface area contributed by atoms with Crippen molar-refractivity contribution >= 4 is 34.4 Å². The molecule has 0 aliphatic carbocycles. The number of carbonyl (C=O) groups is 2. The van der Waals surface area contributed by atoms with E-state index in [9.17, 15) is 14.4 Å². The van der Waals surface area contributed by atoms with Gasteiger partial charge in [0, 0.05) is 25.3 Å². The Morgan fingerprint density at radius 2 is 1.92 bits per heavy atom. The highest BCUT2D eigenvalue weighted by Crippen LogP contribution is 2.15. The van der Waals surface area contributed by atoms with Gasteiger partial charge in [0.25, 0.3) is 5.56 Å². The standard InChI is InChI=1S/C15H15N7O3/c1-9(23)17-10-4-3-5-11(6-10)18-12(24)7-22-8-16-14-13(15(22)25)19-20-21(14)2/h3-6,8H,7H2,1-2H3,(H,17,23)(H,18,24). The van der Waals surface area contributed by atoms with E-state index >= 15 is 0 Å². The van der Waals surface area contributed by atoms with Gasteiger partial charge in [-0.1, -0.05) is 11.3 Å². The molecule has 0 aliphatic rings. The highest BCUT2D eigenvalue weighted by molar-refractivity contribution is 5.93. The average Bonchev–Trinajstić information content (AvgIpc) is 2.92. The lowest BCUT2D eigenvalue weighted by atomic mass is 10.2. The molecule has 2 aromatic heterocycles. The summed E-state index contributed by atoms with van der Waals surface area (Å²) in [6.07, 6.45) is 1.28. The maximum atomic E-state index is 12.3. The molecule has 0 spiro atoms. The molecule has 10 heteroatoms. The van der Waals surface area contributed by atoms with Crippen LogP contribution in [-0.4, -0.2) is 36.4 Å². The molecule has 10 nitrogen and oxygen atoms in total. The molecule has 25 heavy (non-hydrogen) atoms. The van der Waals surface area contributed by atoms with Gasteiger partial charge >= 0.3 is 0 Å². The van der Waals surface area contributed by atoms with Crippen LogP contribution in [-0.2, 0) is 23.2 Å². The molecule has 0 aliphatic heterocycles. The predicted octanol–water partition coefficient (Wildman–Crippen LogP) is 0.122. The fraction of sp³-hybridized carbons (Fsp3) is 0.200. The van der Waals surface area contributed by atoms with E-state index in [0.717, 1.165) is 4.57 Å². The van der Waals surface area contributed by atoms with Gasteiger partial charge in [-0.25, -0.2) is 9.67 Å². The summed E-state index contributed by atoms with van der Waals surface area (Å²) in [7, 11) is 1.63. The average molecular weight is 341 g/mol. The smallest absolute Gasteiger partial charge is 0.283 e. The largest absolute Gasteiger partial charge is 0.326 e. The number of fused-ring (bicyclic) bond motifs is 1. The summed E-state index contributed by atoms with van der Waals surface area (Å²) < 4.78 is 2.54. The lowest BCUT2D eigenvalue weighted by Crippen LogP contribution is -2.28. The van der Waals surface area contributed by atoms with Crippen LogP contribution in [0.3, 0.4) is 0 Å². The van der Waals surface area contributed by atoms with Gasteiger partial charge in [-0.3, -0.25) is 19.0 Å². The third-order valence-corrected chi connectivity index (χ3v) is 3.36. The molecule has 0 atom stereocenters. The van der Waals surface area contributed by atoms with Crippen molar-refractivity contribution in [2.75, 3.05) is 10.6 Å². The third-order valence-electron chi connectivity index (χ3n) is 3.36. The van der Waals surface area contributed by atoms with Crippen LogP contribution in [0.25, 0.3) is 11.2 Å². The molecule has 1 aromatic carbocycles. The van der Waals surface area contributed by atoms with Crippen molar-refractivity contribution in [3.63, 3.8) is 0 Å². The first-order valence-electron chi connectivity index (χ1n) is 7.36. The van der Waals surface area contributed by atoms with Gasteiger partial charge in [0.05, 0.1) is 0 Å². The molecule has 2 N–H and O–H groups in total. The maximum absolute atomic E-state index is 12.3. The minimum atomic E-state index is -0.444. The Bertz CT molecular complexity index is 1020. The van der Waals surface area contributed by atoms with Crippen molar-refractivity contribution in [3.05, 3.63) is 40.9 Å². The number of nitrogens with zero attached hydrogens (tertiary/aromatic N) is 5. The van der Waals surface area contributed by atoms with Crippen LogP contribution >= 0.6 is 0 Å². The predicted molar refractivity (Wildman–Crippen MR) is 89.9 cm³/mol. The van der Waals surface area contributed by atoms with Crippen molar-refractivity contribution in [1.29, 1.82) is 0 Å². The monoisotopic (exact) mass is 341 g/mol. The van der Waals surface area contributed by atoms with Crippen molar-refractivity contribution in [3.8, 4) is 0 Å². The zero-order valence-corrected chi connectivity index (χ0v) is 13.6. The maximum Gasteiger partial charge on any atom is 0.283 e. The molecule has 2 heterocycles. The minimum Gasteiger partial charge on any atom is -0.326 e. The number of aromatic nitrogens is 5. The van der Waals surface area contributed by atoms with E-state index in [1.54, 1.807) is 31.3 Å². The Kier molecular flexibility index (Phi) is 4.25. The van der Waals surface area contributed by atoms with Crippen molar-refractivity contribution in [1.82, 2.24) is 24.5 Å². The van der Waals surface area contributed by atoms with E-state index in [1.807, 2.05) is 0 Å². The molecule has 0 saturated carbocycles. The highest BCUT2D eigenvalue weighted by atomic mass is 16.2. The number of carbonyl (C=O) groups excluding carboxylic acids is 2. The molecule has 128 valence electrons. The summed E-state index contributed by atoms with van der Waals surface area (Å²) in [6.45, 7) is 1.18. The van der Waals surface area contributed by atoms with Crippen molar-refractivity contribution in [2.24, 2.45) is 7.05 Å². The lowest BCUT2D eigenvalue weighted by Gasteiger charge is -2.09. The molecule has 0 radical (unpaired) electrons. The fourth-order valence-electron chi connectivity index (χ4n) is 2.29. The summed E-state index contributed by atoms with van der Waals surface area (Å²) in [4.78, 5) is 39.6. The molecule has 0 saturated heterocycles. The Labute approximate surface area is 141 Å². The number of amides is 2. The second kappa shape index (κ2) is 6.51. The van der Waals surface area contributed by atoms with E-state index in [1.165, 1.54) is 17.9 Å². The van der Waals surface area contributed by atoms with Crippen LogP contribution in [0.5, 0.6) is 0 Å². The summed E-state index contributed by atoms with van der Waals surface area (Å²) in [6, 6.07) is 6.69. The summed E-state index contributed by atoms with van der Waals surface area (Å²) in [5.41, 5.74) is 1.07. The van der Waals surface area contributed by atoms with E-state index in [2.05, 4.69) is 25.9 Å². The van der Waals surface area contributed by atoms with Gasteiger partial charge in [-0.2, -0.15) is 0 Å². The second-order valence-electron chi connectivity index (χ2n) is 5.37. The number of aryl methyl sites for hydroxylation is 1. The number of hydrogen-bond donors (Lipinski definition) is 2. The third kappa shape index (κ3) is 3.52. The molecule has 0 bridgehead atoms. The van der Waals surface area contributed by atoms with E-state index in [-0.39, 0.29) is 18.0 Å². The van der Waals surface area contributed by atoms with Crippen LogP contribution in [0.2, 0.25) is 0 Å². The normalized spacial score (nSPS) is 10.6. The highest BCUT2D eigenvalue weighted by Gasteiger charge is 2.12. The van der Waals surface area contributed by atoms with Crippen LogP contribution in [0.4, 0.5) is 11.4 Å². The summed E-state index contributed by atoms with van der Waals surface area (Å²) in [5, 5.41) is 12.8. The van der Waals surface area contributed by atoms with Gasteiger partial charge in [-0.15, -0.1) is 5.10 Å². The van der Waals surface area contributed by atoms with Crippen LogP contribution in [0.1, 0.15) is 6.92 Å². The molecule has 3 aromatic rings. The van der Waals surface area contributed by atoms with Gasteiger partial charge < -0.3 is 10.6 Å². The van der Waals surface area contributed by atoms with E-state index < -0.39 is 11.5 Å². The first kappa shape index (κ1) is 16.3. The number of hydrogen-bond acceptors (Lipinski definition) is 6. The van der Waals surface area contributed by atoms with Crippen LogP contribution in [0, 0.1) is 0 Å². The Morgan fingerprint density at radius 3 is 2.64 bits per heavy atom. The van der Waals surface area contributed by atoms with Gasteiger partial charge in [0.1, 0.15) is 12.9 Å². The fourth-order valence-corrected chi connectivity index (χ4v) is 2.29. The summed E-state index contributed by atoms with van der Waals surface area (Å²) in [5.74, 6) is -0.620. The van der Waals surface area contributed by atoms with Crippen molar-refractivity contribution < 1.29 is 9.59 Å². The zero-order chi connectivity index (χ0) is 18.0. The zero-order valence-electron chi connectivity index (χ0n) is 13.6. The molecule has 0 fully saturated rings. The van der Waals surface area contributed by atoms with Gasteiger partial charge in [0.15, 0.2) is 11.2 Å². The van der Waals surface area contributed by atoms with Crippen LogP contribution < -0.4 is 16.2 Å². The number of rotatable bonds is 4. The molecule has 0 unspecified atom stereocenters.